The van der Waals surface area contributed by atoms with Crippen molar-refractivity contribution >= 4 is 17.9 Å². The monoisotopic (exact) mass is 835 g/mol. The number of rotatable bonds is 39. The average Bonchev–Trinajstić information content (AvgIpc) is 3.21. The fourth-order valence-electron chi connectivity index (χ4n) is 5.93. The molecule has 2 unspecified atom stereocenters. The average molecular weight is 835 g/mol. The van der Waals surface area contributed by atoms with E-state index in [0.29, 0.717) is 19.3 Å². The maximum Gasteiger partial charge on any atom is 0.362 e. The van der Waals surface area contributed by atoms with Gasteiger partial charge in [-0.15, -0.1) is 0 Å². The van der Waals surface area contributed by atoms with Gasteiger partial charge in [-0.05, 0) is 96.3 Å². The van der Waals surface area contributed by atoms with Gasteiger partial charge in [0.15, 0.2) is 12.1 Å². The van der Waals surface area contributed by atoms with E-state index < -0.39 is 18.1 Å². The van der Waals surface area contributed by atoms with Crippen molar-refractivity contribution in [1.82, 2.24) is 0 Å². The number of quaternary nitrogens is 1. The van der Waals surface area contributed by atoms with Crippen LogP contribution < -0.4 is 0 Å². The minimum Gasteiger partial charge on any atom is -0.477 e. The van der Waals surface area contributed by atoms with E-state index in [0.717, 1.165) is 109 Å². The van der Waals surface area contributed by atoms with Crippen LogP contribution in [0, 0.1) is 0 Å². The molecule has 2 atom stereocenters. The summed E-state index contributed by atoms with van der Waals surface area (Å²) in [4.78, 5) is 37.0. The van der Waals surface area contributed by atoms with Gasteiger partial charge in [0.1, 0.15) is 6.61 Å². The Labute approximate surface area is 366 Å². The maximum atomic E-state index is 12.7. The van der Waals surface area contributed by atoms with E-state index in [1.807, 2.05) is 21.1 Å². The van der Waals surface area contributed by atoms with Crippen molar-refractivity contribution in [2.24, 2.45) is 0 Å². The highest BCUT2D eigenvalue weighted by Crippen LogP contribution is 2.12. The van der Waals surface area contributed by atoms with Crippen LogP contribution in [0.1, 0.15) is 149 Å². The van der Waals surface area contributed by atoms with E-state index in [9.17, 15) is 19.5 Å². The highest BCUT2D eigenvalue weighted by atomic mass is 16.6. The molecule has 0 fully saturated rings. The van der Waals surface area contributed by atoms with Crippen LogP contribution in [-0.2, 0) is 28.6 Å². The highest BCUT2D eigenvalue weighted by molar-refractivity contribution is 5.72. The SMILES string of the molecule is CC/C=C/C/C=C/C/C=C/C/C=C/C/C=C/C/C=C/CCCCCC(=O)OC(COCCC(C(=O)O)[N+](C)(C)C)COC(=O)CCCCCC/C=C/C/C=C/C/C=C/CC. The van der Waals surface area contributed by atoms with Gasteiger partial charge in [0.2, 0.25) is 0 Å². The van der Waals surface area contributed by atoms with Gasteiger partial charge in [-0.1, -0.05) is 142 Å². The Hall–Kier alpha value is -4.01. The normalized spacial score (nSPS) is 13.9. The molecule has 0 saturated heterocycles. The van der Waals surface area contributed by atoms with Gasteiger partial charge in [0.25, 0.3) is 0 Å². The predicted octanol–water partition coefficient (Wildman–Crippen LogP) is 12.9. The number of carbonyl (C=O) groups excluding carboxylic acids is 2. The Kier molecular flexibility index (Phi) is 38.9. The summed E-state index contributed by atoms with van der Waals surface area (Å²) in [5.74, 6) is -1.56. The molecule has 8 nitrogen and oxygen atoms in total. The number of hydrogen-bond donors (Lipinski definition) is 1. The molecule has 0 aliphatic carbocycles. The van der Waals surface area contributed by atoms with Crippen LogP contribution in [-0.4, -0.2) is 80.6 Å². The van der Waals surface area contributed by atoms with Crippen LogP contribution in [0.25, 0.3) is 0 Å². The number of nitrogens with zero attached hydrogens (tertiary/aromatic N) is 1. The largest absolute Gasteiger partial charge is 0.477 e. The second-order valence-corrected chi connectivity index (χ2v) is 15.9. The Bertz CT molecular complexity index is 1340. The van der Waals surface area contributed by atoms with Crippen LogP contribution in [0.2, 0.25) is 0 Å². The van der Waals surface area contributed by atoms with Crippen LogP contribution in [0.5, 0.6) is 0 Å². The first-order valence-corrected chi connectivity index (χ1v) is 22.9. The molecule has 0 bridgehead atoms. The van der Waals surface area contributed by atoms with Crippen molar-refractivity contribution in [1.29, 1.82) is 0 Å². The molecule has 0 rings (SSSR count). The topological polar surface area (TPSA) is 99.1 Å². The molecule has 0 aliphatic rings. The van der Waals surface area contributed by atoms with Gasteiger partial charge in [0.05, 0.1) is 34.4 Å². The van der Waals surface area contributed by atoms with Crippen molar-refractivity contribution in [3.8, 4) is 0 Å². The van der Waals surface area contributed by atoms with Gasteiger partial charge in [-0.25, -0.2) is 4.79 Å². The molecular formula is C52H84NO7+. The molecule has 0 aromatic rings. The summed E-state index contributed by atoms with van der Waals surface area (Å²) in [6.45, 7) is 4.42. The van der Waals surface area contributed by atoms with E-state index in [-0.39, 0.29) is 42.7 Å². The second kappa shape index (κ2) is 41.7. The van der Waals surface area contributed by atoms with Crippen LogP contribution in [0.3, 0.4) is 0 Å². The fourth-order valence-corrected chi connectivity index (χ4v) is 5.93. The number of esters is 2. The van der Waals surface area contributed by atoms with E-state index in [1.54, 1.807) is 0 Å². The summed E-state index contributed by atoms with van der Waals surface area (Å²) in [6.07, 6.45) is 57.1. The quantitative estimate of drug-likeness (QED) is 0.0285. The van der Waals surface area contributed by atoms with Crippen LogP contribution >= 0.6 is 0 Å². The number of allylic oxidation sites excluding steroid dienone is 18. The number of carboxylic acid groups (broad SMARTS) is 1. The van der Waals surface area contributed by atoms with Gasteiger partial charge < -0.3 is 23.8 Å². The van der Waals surface area contributed by atoms with E-state index in [2.05, 4.69) is 123 Å². The highest BCUT2D eigenvalue weighted by Gasteiger charge is 2.31. The van der Waals surface area contributed by atoms with Crippen molar-refractivity contribution in [2.45, 2.75) is 161 Å². The third kappa shape index (κ3) is 39.5. The maximum absolute atomic E-state index is 12.7. The molecular weight excluding hydrogens is 751 g/mol. The van der Waals surface area contributed by atoms with E-state index in [1.165, 1.54) is 0 Å². The molecule has 0 saturated carbocycles. The third-order valence-corrected chi connectivity index (χ3v) is 9.42. The summed E-state index contributed by atoms with van der Waals surface area (Å²) in [7, 11) is 5.49. The summed E-state index contributed by atoms with van der Waals surface area (Å²) in [5.41, 5.74) is 0. The number of aliphatic carboxylic acids is 1. The van der Waals surface area contributed by atoms with Crippen LogP contribution in [0.4, 0.5) is 0 Å². The molecule has 0 radical (unpaired) electrons. The molecule has 338 valence electrons. The first kappa shape index (κ1) is 56.0. The Morgan fingerprint density at radius 1 is 0.500 bits per heavy atom. The molecule has 0 aliphatic heterocycles. The Morgan fingerprint density at radius 2 is 0.883 bits per heavy atom. The number of ether oxygens (including phenoxy) is 3. The predicted molar refractivity (Wildman–Crippen MR) is 252 cm³/mol. The standard InChI is InChI=1S/C52H83NO7/c1-6-8-10-12-14-16-18-20-22-23-24-25-26-27-28-29-31-33-35-37-39-41-43-51(55)60-48(46-58-45-44-49(52(56)57)53(3,4)5)47-59-50(54)42-40-38-36-34-32-30-21-19-17-15-13-11-9-7-2/h8-11,14-17,20-22,24-25,27-28,30-31,33,48-49H,6-7,12-13,18-19,23,26,29,32,34-47H2,1-5H3/p+1/b10-8+,11-9+,16-14+,17-15+,22-20+,25-24+,28-27+,30-21+,33-31+. The zero-order valence-corrected chi connectivity index (χ0v) is 38.4. The second-order valence-electron chi connectivity index (χ2n) is 15.9. The number of carbonyl (C=O) groups is 3. The number of unbranched alkanes of at least 4 members (excludes halogenated alkanes) is 7. The molecule has 0 spiro atoms. The molecule has 1 N–H and O–H groups in total. The lowest BCUT2D eigenvalue weighted by molar-refractivity contribution is -0.887. The molecule has 60 heavy (non-hydrogen) atoms. The zero-order chi connectivity index (χ0) is 44.2. The van der Waals surface area contributed by atoms with Crippen molar-refractivity contribution in [2.75, 3.05) is 41.0 Å². The van der Waals surface area contributed by atoms with Crippen LogP contribution in [0.15, 0.2) is 109 Å². The first-order chi connectivity index (χ1) is 29.1. The molecule has 0 heterocycles. The molecule has 0 amide bonds. The number of hydrogen-bond acceptors (Lipinski definition) is 6. The van der Waals surface area contributed by atoms with Gasteiger partial charge in [0, 0.05) is 19.3 Å². The minimum absolute atomic E-state index is 0.0321. The lowest BCUT2D eigenvalue weighted by Gasteiger charge is -2.31. The van der Waals surface area contributed by atoms with Crippen molar-refractivity contribution in [3.63, 3.8) is 0 Å². The smallest absolute Gasteiger partial charge is 0.362 e. The summed E-state index contributed by atoms with van der Waals surface area (Å²) in [5, 5.41) is 9.63. The Balaban J connectivity index is 4.44. The first-order valence-electron chi connectivity index (χ1n) is 22.9. The number of likely N-dealkylation sites (N-methyl/N-ethyl adjacent to an activating group) is 1. The Morgan fingerprint density at radius 3 is 1.30 bits per heavy atom. The van der Waals surface area contributed by atoms with Gasteiger partial charge in [-0.3, -0.25) is 9.59 Å². The van der Waals surface area contributed by atoms with E-state index in [4.69, 9.17) is 14.2 Å². The zero-order valence-electron chi connectivity index (χ0n) is 38.4. The van der Waals surface area contributed by atoms with Gasteiger partial charge in [-0.2, -0.15) is 0 Å². The third-order valence-electron chi connectivity index (χ3n) is 9.42. The molecule has 8 heteroatoms. The fraction of sp³-hybridized carbons (Fsp3) is 0.596. The molecule has 0 aromatic heterocycles. The lowest BCUT2D eigenvalue weighted by atomic mass is 10.1. The minimum atomic E-state index is -0.890. The number of carboxylic acids is 1. The van der Waals surface area contributed by atoms with Crippen molar-refractivity contribution < 1.29 is 38.2 Å². The van der Waals surface area contributed by atoms with Crippen molar-refractivity contribution in [3.05, 3.63) is 109 Å². The lowest BCUT2D eigenvalue weighted by Crippen LogP contribution is -2.50. The van der Waals surface area contributed by atoms with Gasteiger partial charge >= 0.3 is 17.9 Å². The molecule has 0 aromatic carbocycles. The summed E-state index contributed by atoms with van der Waals surface area (Å²) >= 11 is 0. The summed E-state index contributed by atoms with van der Waals surface area (Å²) in [6, 6.07) is -0.632. The van der Waals surface area contributed by atoms with E-state index >= 15 is 0 Å². The summed E-state index contributed by atoms with van der Waals surface area (Å²) < 4.78 is 17.2.